The van der Waals surface area contributed by atoms with E-state index >= 15 is 0 Å². The first kappa shape index (κ1) is 12.3. The van der Waals surface area contributed by atoms with Gasteiger partial charge in [0, 0.05) is 12.7 Å². The van der Waals surface area contributed by atoms with Gasteiger partial charge in [-0.15, -0.1) is 0 Å². The van der Waals surface area contributed by atoms with Crippen LogP contribution < -0.4 is 10.6 Å². The zero-order valence-corrected chi connectivity index (χ0v) is 10.5. The first-order valence-electron chi connectivity index (χ1n) is 6.06. The minimum absolute atomic E-state index is 0.0905. The normalized spacial score (nSPS) is 14.4. The molecule has 0 radical (unpaired) electrons. The Morgan fingerprint density at radius 1 is 1.40 bits per heavy atom. The Kier molecular flexibility index (Phi) is 2.94. The molecule has 0 fully saturated rings. The maximum Gasteiger partial charge on any atom is 0.230 e. The molecular weight excluding hydrogens is 261 g/mol. The Labute approximate surface area is 114 Å². The van der Waals surface area contributed by atoms with Crippen LogP contribution in [-0.4, -0.2) is 27.6 Å². The van der Waals surface area contributed by atoms with Crippen molar-refractivity contribution in [3.8, 4) is 0 Å². The van der Waals surface area contributed by atoms with Gasteiger partial charge in [0.2, 0.25) is 5.95 Å². The van der Waals surface area contributed by atoms with E-state index in [0.717, 1.165) is 17.7 Å². The highest BCUT2D eigenvalue weighted by Crippen LogP contribution is 2.32. The SMILES string of the molecule is N/C(=N/O)c1ccnc(N2CCc3ccc(F)cc32)n1. The third-order valence-electron chi connectivity index (χ3n) is 3.20. The highest BCUT2D eigenvalue weighted by molar-refractivity contribution is 5.95. The number of aromatic nitrogens is 2. The van der Waals surface area contributed by atoms with E-state index in [1.54, 1.807) is 12.1 Å². The molecule has 0 unspecified atom stereocenters. The number of benzene rings is 1. The summed E-state index contributed by atoms with van der Waals surface area (Å²) >= 11 is 0. The van der Waals surface area contributed by atoms with Crippen molar-refractivity contribution in [1.82, 2.24) is 9.97 Å². The van der Waals surface area contributed by atoms with Crippen LogP contribution in [0.2, 0.25) is 0 Å². The predicted molar refractivity (Wildman–Crippen MR) is 71.7 cm³/mol. The topological polar surface area (TPSA) is 87.6 Å². The lowest BCUT2D eigenvalue weighted by molar-refractivity contribution is 0.318. The molecule has 0 bridgehead atoms. The van der Waals surface area contributed by atoms with Crippen molar-refractivity contribution in [3.63, 3.8) is 0 Å². The Balaban J connectivity index is 2.02. The average molecular weight is 273 g/mol. The molecule has 20 heavy (non-hydrogen) atoms. The van der Waals surface area contributed by atoms with Gasteiger partial charge in [0.05, 0.1) is 5.69 Å². The van der Waals surface area contributed by atoms with E-state index in [0.29, 0.717) is 18.2 Å². The summed E-state index contributed by atoms with van der Waals surface area (Å²) in [5.74, 6) is 0.00834. The molecule has 1 aromatic heterocycles. The molecule has 2 aromatic rings. The van der Waals surface area contributed by atoms with E-state index in [4.69, 9.17) is 10.9 Å². The molecule has 1 aliphatic heterocycles. The van der Waals surface area contributed by atoms with E-state index in [-0.39, 0.29) is 11.7 Å². The Morgan fingerprint density at radius 2 is 2.25 bits per heavy atom. The van der Waals surface area contributed by atoms with Crippen LogP contribution in [0.4, 0.5) is 16.0 Å². The van der Waals surface area contributed by atoms with E-state index in [9.17, 15) is 4.39 Å². The summed E-state index contributed by atoms with van der Waals surface area (Å²) < 4.78 is 13.4. The molecule has 1 aromatic carbocycles. The predicted octanol–water partition coefficient (Wildman–Crippen LogP) is 1.40. The van der Waals surface area contributed by atoms with Crippen molar-refractivity contribution in [3.05, 3.63) is 47.5 Å². The van der Waals surface area contributed by atoms with Crippen molar-refractivity contribution in [2.75, 3.05) is 11.4 Å². The van der Waals surface area contributed by atoms with Gasteiger partial charge in [-0.2, -0.15) is 0 Å². The first-order valence-corrected chi connectivity index (χ1v) is 6.06. The molecule has 0 amide bonds. The van der Waals surface area contributed by atoms with Gasteiger partial charge in [0.15, 0.2) is 5.84 Å². The summed E-state index contributed by atoms with van der Waals surface area (Å²) in [6.45, 7) is 0.665. The Bertz CT molecular complexity index is 688. The number of halogens is 1. The summed E-state index contributed by atoms with van der Waals surface area (Å²) in [5.41, 5.74) is 7.63. The van der Waals surface area contributed by atoms with Gasteiger partial charge in [0.1, 0.15) is 11.5 Å². The second-order valence-electron chi connectivity index (χ2n) is 4.40. The van der Waals surface area contributed by atoms with E-state index in [2.05, 4.69) is 15.1 Å². The van der Waals surface area contributed by atoms with Crippen LogP contribution in [0.1, 0.15) is 11.3 Å². The molecule has 0 aliphatic carbocycles. The third-order valence-corrected chi connectivity index (χ3v) is 3.20. The van der Waals surface area contributed by atoms with Crippen LogP contribution in [0.5, 0.6) is 0 Å². The second-order valence-corrected chi connectivity index (χ2v) is 4.40. The molecule has 0 spiro atoms. The maximum absolute atomic E-state index is 13.4. The lowest BCUT2D eigenvalue weighted by atomic mass is 10.2. The summed E-state index contributed by atoms with van der Waals surface area (Å²) in [6.07, 6.45) is 2.32. The highest BCUT2D eigenvalue weighted by Gasteiger charge is 2.23. The van der Waals surface area contributed by atoms with Gasteiger partial charge < -0.3 is 15.8 Å². The second kappa shape index (κ2) is 4.76. The van der Waals surface area contributed by atoms with Gasteiger partial charge in [-0.05, 0) is 30.2 Å². The van der Waals surface area contributed by atoms with Crippen LogP contribution in [0, 0.1) is 5.82 Å². The number of anilines is 2. The molecule has 7 heteroatoms. The largest absolute Gasteiger partial charge is 0.409 e. The minimum Gasteiger partial charge on any atom is -0.409 e. The molecule has 0 saturated carbocycles. The fraction of sp³-hybridized carbons (Fsp3) is 0.154. The van der Waals surface area contributed by atoms with Gasteiger partial charge in [-0.3, -0.25) is 0 Å². The zero-order chi connectivity index (χ0) is 14.1. The van der Waals surface area contributed by atoms with Crippen molar-refractivity contribution >= 4 is 17.5 Å². The fourth-order valence-corrected chi connectivity index (χ4v) is 2.23. The molecule has 2 heterocycles. The van der Waals surface area contributed by atoms with Crippen molar-refractivity contribution in [2.45, 2.75) is 6.42 Å². The van der Waals surface area contributed by atoms with Crippen molar-refractivity contribution in [1.29, 1.82) is 0 Å². The summed E-state index contributed by atoms with van der Waals surface area (Å²) in [6, 6.07) is 6.21. The summed E-state index contributed by atoms with van der Waals surface area (Å²) in [7, 11) is 0. The van der Waals surface area contributed by atoms with Crippen LogP contribution in [0.15, 0.2) is 35.6 Å². The number of amidine groups is 1. The number of hydrogen-bond donors (Lipinski definition) is 2. The number of rotatable bonds is 2. The van der Waals surface area contributed by atoms with Crippen molar-refractivity contribution < 1.29 is 9.60 Å². The number of nitrogens with two attached hydrogens (primary N) is 1. The number of hydrogen-bond acceptors (Lipinski definition) is 5. The summed E-state index contributed by atoms with van der Waals surface area (Å²) in [4.78, 5) is 10.2. The first-order chi connectivity index (χ1) is 9.69. The van der Waals surface area contributed by atoms with Crippen molar-refractivity contribution in [2.24, 2.45) is 10.9 Å². The van der Waals surface area contributed by atoms with E-state index in [1.165, 1.54) is 18.3 Å². The van der Waals surface area contributed by atoms with E-state index in [1.807, 2.05) is 4.90 Å². The smallest absolute Gasteiger partial charge is 0.230 e. The Morgan fingerprint density at radius 3 is 3.05 bits per heavy atom. The lowest BCUT2D eigenvalue weighted by Crippen LogP contribution is -2.20. The van der Waals surface area contributed by atoms with Gasteiger partial charge in [-0.1, -0.05) is 11.2 Å². The van der Waals surface area contributed by atoms with Gasteiger partial charge in [-0.25, -0.2) is 14.4 Å². The molecule has 0 saturated heterocycles. The van der Waals surface area contributed by atoms with Crippen LogP contribution in [0.3, 0.4) is 0 Å². The lowest BCUT2D eigenvalue weighted by Gasteiger charge is -2.17. The average Bonchev–Trinajstić information content (AvgIpc) is 2.89. The highest BCUT2D eigenvalue weighted by atomic mass is 19.1. The van der Waals surface area contributed by atoms with Crippen LogP contribution in [0.25, 0.3) is 0 Å². The maximum atomic E-state index is 13.4. The molecule has 102 valence electrons. The zero-order valence-electron chi connectivity index (χ0n) is 10.5. The monoisotopic (exact) mass is 273 g/mol. The molecule has 3 rings (SSSR count). The standard InChI is InChI=1S/C13H12FN5O/c14-9-2-1-8-4-6-19(11(8)7-9)13-16-5-3-10(17-13)12(15)18-20/h1-3,5,7,20H,4,6H2,(H2,15,18). The molecule has 1 aliphatic rings. The number of oxime groups is 1. The Hall–Kier alpha value is -2.70. The van der Waals surface area contributed by atoms with Gasteiger partial charge in [0.25, 0.3) is 0 Å². The molecule has 6 nitrogen and oxygen atoms in total. The number of fused-ring (bicyclic) bond motifs is 1. The molecule has 0 atom stereocenters. The number of nitrogens with zero attached hydrogens (tertiary/aromatic N) is 4. The van der Waals surface area contributed by atoms with Gasteiger partial charge >= 0.3 is 0 Å². The summed E-state index contributed by atoms with van der Waals surface area (Å²) in [5, 5.41) is 11.6. The quantitative estimate of drug-likeness (QED) is 0.374. The van der Waals surface area contributed by atoms with Crippen LogP contribution in [-0.2, 0) is 6.42 Å². The fourth-order valence-electron chi connectivity index (χ4n) is 2.23. The minimum atomic E-state index is -0.303. The molecular formula is C13H12FN5O. The van der Waals surface area contributed by atoms with Crippen LogP contribution >= 0.6 is 0 Å². The van der Waals surface area contributed by atoms with E-state index < -0.39 is 0 Å². The molecule has 3 N–H and O–H groups in total. The third kappa shape index (κ3) is 2.03.